The number of likely N-dealkylation sites (N-methyl/N-ethyl adjacent to an activating group) is 1. The second kappa shape index (κ2) is 10.2. The summed E-state index contributed by atoms with van der Waals surface area (Å²) in [5.41, 5.74) is -3.63. The topological polar surface area (TPSA) is 130 Å². The Morgan fingerprint density at radius 1 is 1.34 bits per heavy atom. The molecule has 0 saturated carbocycles. The lowest BCUT2D eigenvalue weighted by Gasteiger charge is -2.40. The van der Waals surface area contributed by atoms with Crippen molar-refractivity contribution in [3.05, 3.63) is 11.8 Å². The van der Waals surface area contributed by atoms with E-state index in [1.807, 2.05) is 11.9 Å². The van der Waals surface area contributed by atoms with Crippen molar-refractivity contribution in [1.29, 1.82) is 0 Å². The maximum atomic E-state index is 13.2. The smallest absolute Gasteiger partial charge is 0.341 e. The minimum atomic E-state index is -2.34. The number of aliphatic hydroxyl groups excluding tert-OH is 1. The summed E-state index contributed by atoms with van der Waals surface area (Å²) < 4.78 is 11.1. The van der Waals surface area contributed by atoms with Gasteiger partial charge in [-0.2, -0.15) is 0 Å². The predicted octanol–water partition coefficient (Wildman–Crippen LogP) is 0.800. The standard InChI is InChI=1S/C23H35NO8/c1-6-18(26)23(30)11-14(2)22(4,12-15(3)25)19(27)13-31-16-7-9-24(5)10-8-17(20(16)28)32-21(23)29/h7,14,17-18,26,30H,6,8-13H2,1-5H3/b16-7+. The number of aliphatic hydroxyl groups is 2. The lowest BCUT2D eigenvalue weighted by molar-refractivity contribution is -0.191. The van der Waals surface area contributed by atoms with Gasteiger partial charge in [-0.1, -0.05) is 20.8 Å². The molecule has 0 aliphatic carbocycles. The first kappa shape index (κ1) is 26.2. The summed E-state index contributed by atoms with van der Waals surface area (Å²) in [7, 11) is 1.82. The van der Waals surface area contributed by atoms with E-state index in [9.17, 15) is 29.4 Å². The lowest BCUT2D eigenvalue weighted by atomic mass is 9.67. The Kier molecular flexibility index (Phi) is 8.36. The fraction of sp³-hybridized carbons (Fsp3) is 0.739. The van der Waals surface area contributed by atoms with Crippen LogP contribution < -0.4 is 0 Å². The molecule has 2 bridgehead atoms. The van der Waals surface area contributed by atoms with E-state index in [2.05, 4.69) is 0 Å². The summed E-state index contributed by atoms with van der Waals surface area (Å²) in [6, 6.07) is 0. The number of hydrogen-bond acceptors (Lipinski definition) is 9. The second-order valence-corrected chi connectivity index (χ2v) is 9.34. The molecule has 0 aromatic rings. The van der Waals surface area contributed by atoms with Crippen molar-refractivity contribution in [3.8, 4) is 0 Å². The summed E-state index contributed by atoms with van der Waals surface area (Å²) in [6.45, 7) is 6.58. The third-order valence-electron chi connectivity index (χ3n) is 6.75. The molecular formula is C23H35NO8. The van der Waals surface area contributed by atoms with Gasteiger partial charge in [0, 0.05) is 31.3 Å². The Balaban J connectivity index is 2.59. The molecule has 2 aliphatic rings. The van der Waals surface area contributed by atoms with Crippen molar-refractivity contribution in [2.45, 2.75) is 71.2 Å². The number of esters is 1. The Morgan fingerprint density at radius 2 is 2.00 bits per heavy atom. The molecule has 2 rings (SSSR count). The highest BCUT2D eigenvalue weighted by Gasteiger charge is 2.51. The van der Waals surface area contributed by atoms with Gasteiger partial charge in [0.15, 0.2) is 23.2 Å². The fourth-order valence-corrected chi connectivity index (χ4v) is 4.29. The number of ketones is 3. The van der Waals surface area contributed by atoms with Crippen LogP contribution in [0.15, 0.2) is 11.8 Å². The van der Waals surface area contributed by atoms with Gasteiger partial charge in [-0.3, -0.25) is 14.4 Å². The highest BCUT2D eigenvalue weighted by molar-refractivity contribution is 5.99. The number of nitrogens with zero attached hydrogens (tertiary/aromatic N) is 1. The van der Waals surface area contributed by atoms with Gasteiger partial charge >= 0.3 is 5.97 Å². The molecule has 0 spiro atoms. The van der Waals surface area contributed by atoms with Gasteiger partial charge in [-0.15, -0.1) is 0 Å². The van der Waals surface area contributed by atoms with Crippen LogP contribution in [-0.2, 0) is 28.7 Å². The average molecular weight is 454 g/mol. The number of rotatable bonds is 4. The molecule has 5 atom stereocenters. The van der Waals surface area contributed by atoms with Crippen LogP contribution >= 0.6 is 0 Å². The third-order valence-corrected chi connectivity index (χ3v) is 6.75. The van der Waals surface area contributed by atoms with Crippen molar-refractivity contribution < 1.29 is 38.9 Å². The van der Waals surface area contributed by atoms with E-state index >= 15 is 0 Å². The van der Waals surface area contributed by atoms with Gasteiger partial charge in [0.25, 0.3) is 0 Å². The lowest BCUT2D eigenvalue weighted by Crippen LogP contribution is -2.55. The van der Waals surface area contributed by atoms with Crippen LogP contribution in [0.3, 0.4) is 0 Å². The van der Waals surface area contributed by atoms with Crippen molar-refractivity contribution in [2.75, 3.05) is 26.7 Å². The molecule has 0 amide bonds. The molecule has 1 fully saturated rings. The van der Waals surface area contributed by atoms with Crippen LogP contribution in [0.5, 0.6) is 0 Å². The third kappa shape index (κ3) is 5.44. The minimum absolute atomic E-state index is 0.0469. The molecule has 0 radical (unpaired) electrons. The van der Waals surface area contributed by atoms with Gasteiger partial charge in [0.1, 0.15) is 12.4 Å². The average Bonchev–Trinajstić information content (AvgIpc) is 2.72. The zero-order chi connectivity index (χ0) is 24.3. The van der Waals surface area contributed by atoms with Gasteiger partial charge in [-0.25, -0.2) is 4.79 Å². The van der Waals surface area contributed by atoms with Crippen LogP contribution in [0.1, 0.15) is 53.4 Å². The van der Waals surface area contributed by atoms with Gasteiger partial charge < -0.3 is 24.6 Å². The van der Waals surface area contributed by atoms with Crippen molar-refractivity contribution >= 4 is 23.3 Å². The van der Waals surface area contributed by atoms with Crippen LogP contribution in [-0.4, -0.2) is 83.0 Å². The van der Waals surface area contributed by atoms with E-state index < -0.39 is 53.3 Å². The maximum Gasteiger partial charge on any atom is 0.341 e. The number of carbonyl (C=O) groups excluding carboxylic acids is 4. The number of ether oxygens (including phenoxy) is 2. The van der Waals surface area contributed by atoms with E-state index in [1.54, 1.807) is 20.8 Å². The number of carbonyl (C=O) groups is 4. The highest BCUT2D eigenvalue weighted by atomic mass is 16.6. The molecule has 9 nitrogen and oxygen atoms in total. The van der Waals surface area contributed by atoms with E-state index in [0.717, 1.165) is 0 Å². The summed E-state index contributed by atoms with van der Waals surface area (Å²) in [5.74, 6) is -3.18. The molecule has 9 heteroatoms. The van der Waals surface area contributed by atoms with E-state index in [1.165, 1.54) is 13.0 Å². The van der Waals surface area contributed by atoms with E-state index in [4.69, 9.17) is 9.47 Å². The quantitative estimate of drug-likeness (QED) is 0.594. The normalized spacial score (nSPS) is 35.7. The van der Waals surface area contributed by atoms with Crippen LogP contribution in [0.25, 0.3) is 0 Å². The van der Waals surface area contributed by atoms with E-state index in [0.29, 0.717) is 13.1 Å². The Morgan fingerprint density at radius 3 is 2.59 bits per heavy atom. The van der Waals surface area contributed by atoms with Crippen LogP contribution in [0, 0.1) is 11.3 Å². The predicted molar refractivity (Wildman–Crippen MR) is 114 cm³/mol. The monoisotopic (exact) mass is 453 g/mol. The van der Waals surface area contributed by atoms with Crippen molar-refractivity contribution in [3.63, 3.8) is 0 Å². The first-order valence-electron chi connectivity index (χ1n) is 11.0. The molecule has 2 heterocycles. The molecule has 5 unspecified atom stereocenters. The molecule has 1 saturated heterocycles. The largest absolute Gasteiger partial charge is 0.482 e. The summed E-state index contributed by atoms with van der Waals surface area (Å²) in [5, 5.41) is 21.8. The van der Waals surface area contributed by atoms with E-state index in [-0.39, 0.29) is 37.2 Å². The number of fused-ring (bicyclic) bond motifs is 2. The Bertz CT molecular complexity index is 793. The van der Waals surface area contributed by atoms with Crippen LogP contribution in [0.4, 0.5) is 0 Å². The molecule has 2 N–H and O–H groups in total. The summed E-state index contributed by atoms with van der Waals surface area (Å²) in [4.78, 5) is 53.3. The zero-order valence-corrected chi connectivity index (χ0v) is 19.6. The summed E-state index contributed by atoms with van der Waals surface area (Å²) in [6.07, 6.45) is -1.41. The summed E-state index contributed by atoms with van der Waals surface area (Å²) >= 11 is 0. The van der Waals surface area contributed by atoms with Gasteiger partial charge in [0.05, 0.1) is 6.10 Å². The highest BCUT2D eigenvalue weighted by Crippen LogP contribution is 2.40. The Labute approximate surface area is 188 Å². The fourth-order valence-electron chi connectivity index (χ4n) is 4.29. The maximum absolute atomic E-state index is 13.2. The minimum Gasteiger partial charge on any atom is -0.482 e. The molecule has 0 aromatic carbocycles. The molecular weight excluding hydrogens is 418 g/mol. The molecule has 0 aromatic heterocycles. The molecule has 2 aliphatic heterocycles. The molecule has 32 heavy (non-hydrogen) atoms. The van der Waals surface area contributed by atoms with Crippen LogP contribution in [0.2, 0.25) is 0 Å². The Hall–Kier alpha value is -2.10. The van der Waals surface area contributed by atoms with Crippen molar-refractivity contribution in [2.24, 2.45) is 11.3 Å². The second-order valence-electron chi connectivity index (χ2n) is 9.34. The number of Topliss-reactive ketones (excluding diaryl/α,β-unsaturated/α-hetero) is 3. The molecule has 180 valence electrons. The van der Waals surface area contributed by atoms with Gasteiger partial charge in [-0.05, 0) is 38.8 Å². The van der Waals surface area contributed by atoms with Crippen molar-refractivity contribution in [1.82, 2.24) is 4.90 Å². The zero-order valence-electron chi connectivity index (χ0n) is 19.6. The SMILES string of the molecule is CCC(O)C1(O)CC(C)C(C)(CC(C)=O)C(=O)CO/C2=C/CN(C)CCC(OC1=O)C2=O. The first-order chi connectivity index (χ1) is 14.8. The first-order valence-corrected chi connectivity index (χ1v) is 11.0. The number of hydrogen-bond donors (Lipinski definition) is 2. The van der Waals surface area contributed by atoms with Gasteiger partial charge in [0.2, 0.25) is 5.78 Å².